The van der Waals surface area contributed by atoms with Gasteiger partial charge in [0, 0.05) is 27.7 Å². The smallest absolute Gasteiger partial charge is 0.407 e. The third kappa shape index (κ3) is 23.9. The average molecular weight is 1520 g/mol. The Kier molecular flexibility index (Phi) is 30.3. The lowest BCUT2D eigenvalue weighted by molar-refractivity contribution is -0.399. The van der Waals surface area contributed by atoms with Gasteiger partial charge in [-0.05, 0) is 47.2 Å². The van der Waals surface area contributed by atoms with Gasteiger partial charge in [-0.2, -0.15) is 0 Å². The van der Waals surface area contributed by atoms with E-state index in [0.717, 1.165) is 16.7 Å². The van der Waals surface area contributed by atoms with Crippen LogP contribution in [0, 0.1) is 0 Å². The number of carbonyl (C=O) groups is 5. The largest absolute Gasteiger partial charge is 0.456 e. The molecule has 20 atom stereocenters. The van der Waals surface area contributed by atoms with Crippen molar-refractivity contribution in [2.75, 3.05) is 19.8 Å². The Bertz CT molecular complexity index is 3640. The molecule has 0 radical (unpaired) electrons. The van der Waals surface area contributed by atoms with Crippen LogP contribution in [0.5, 0.6) is 0 Å². The number of nitrogens with one attached hydrogen (secondary N) is 1. The van der Waals surface area contributed by atoms with E-state index in [1.807, 2.05) is 158 Å². The maximum Gasteiger partial charge on any atom is 0.407 e. The minimum atomic E-state index is -2.12. The van der Waals surface area contributed by atoms with E-state index in [1.54, 1.807) is 38.1 Å². The molecule has 25 nitrogen and oxygen atoms in total. The Hall–Kier alpha value is -7.22. The zero-order chi connectivity index (χ0) is 74.4. The van der Waals surface area contributed by atoms with Crippen LogP contribution in [0.15, 0.2) is 182 Å². The molecule has 0 bridgehead atoms. The standard InChI is InChI=1S/C77H88Cl3NO24/c1-46-61(97-48(3)82)67(99-50(5)84)69(92-41-56-33-21-11-22-34-56)73(95-46)104-65-60(81-76(87)94-45-77(78,79)80)72(86)101-59(44-89-38-53-27-15-8-16-28-53)64(65)103-75-71(105-74-70(93-42-57-35-23-12-24-36-57)68(100-51(6)85)62(47(2)96-74)98-49(4)83)66(91-40-55-31-19-10-20-32-55)63(90-39-54-29-17-9-18-30-54)58(102-75)43-88-37-52-25-13-7-14-26-52/h7-36,46-47,58-75,86H,37-45H2,1-6H3,(H,81,87)/t46-,47-,58+,59-,60-,61+,62+,63-,64-,65+,66+,67-,68-,69+,70+,71-,72+,73-,74-,75-/m1/s1. The molecule has 10 rings (SSSR count). The van der Waals surface area contributed by atoms with Gasteiger partial charge in [-0.25, -0.2) is 4.79 Å². The van der Waals surface area contributed by atoms with Crippen molar-refractivity contribution in [2.24, 2.45) is 0 Å². The van der Waals surface area contributed by atoms with Gasteiger partial charge in [0.1, 0.15) is 67.6 Å². The minimum Gasteiger partial charge on any atom is -0.456 e. The van der Waals surface area contributed by atoms with E-state index in [4.69, 9.17) is 120 Å². The molecule has 0 saturated carbocycles. The summed E-state index contributed by atoms with van der Waals surface area (Å²) >= 11 is 18.4. The van der Waals surface area contributed by atoms with E-state index >= 15 is 0 Å². The lowest BCUT2D eigenvalue weighted by atomic mass is 9.94. The topological polar surface area (TPSA) is 284 Å². The molecule has 6 aromatic carbocycles. The molecule has 4 heterocycles. The molecular formula is C77H88Cl3NO24. The number of carbonyl (C=O) groups excluding carboxylic acids is 5. The van der Waals surface area contributed by atoms with Crippen LogP contribution in [0.3, 0.4) is 0 Å². The number of benzene rings is 6. The summed E-state index contributed by atoms with van der Waals surface area (Å²) in [5.41, 5.74) is 4.39. The fourth-order valence-electron chi connectivity index (χ4n) is 12.7. The van der Waals surface area contributed by atoms with E-state index in [0.29, 0.717) is 16.7 Å². The van der Waals surface area contributed by atoms with Gasteiger partial charge in [0.05, 0.1) is 65.1 Å². The molecule has 0 unspecified atom stereocenters. The van der Waals surface area contributed by atoms with Crippen LogP contribution < -0.4 is 5.32 Å². The summed E-state index contributed by atoms with van der Waals surface area (Å²) in [4.78, 5) is 67.1. The third-order valence-corrected chi connectivity index (χ3v) is 17.7. The maximum absolute atomic E-state index is 14.3. The zero-order valence-corrected chi connectivity index (χ0v) is 61.0. The number of alkyl halides is 3. The van der Waals surface area contributed by atoms with Crippen LogP contribution in [0.25, 0.3) is 0 Å². The third-order valence-electron chi connectivity index (χ3n) is 17.4. The monoisotopic (exact) mass is 1520 g/mol. The molecule has 566 valence electrons. The number of esters is 4. The molecule has 6 aromatic rings. The molecule has 2 N–H and O–H groups in total. The van der Waals surface area contributed by atoms with Crippen LogP contribution in [-0.4, -0.2) is 181 Å². The number of amides is 1. The van der Waals surface area contributed by atoms with Gasteiger partial charge >= 0.3 is 30.0 Å². The normalized spacial score (nSPS) is 29.0. The van der Waals surface area contributed by atoms with E-state index in [1.165, 1.54) is 27.7 Å². The molecule has 0 aromatic heterocycles. The molecule has 1 amide bonds. The van der Waals surface area contributed by atoms with Gasteiger partial charge in [0.2, 0.25) is 3.79 Å². The average Bonchev–Trinajstić information content (AvgIpc) is 0.760. The Balaban J connectivity index is 1.16. The summed E-state index contributed by atoms with van der Waals surface area (Å²) in [6.45, 7) is 6.22. The number of aliphatic hydroxyl groups excluding tert-OH is 1. The van der Waals surface area contributed by atoms with Crippen LogP contribution in [0.2, 0.25) is 0 Å². The van der Waals surface area contributed by atoms with Crippen molar-refractivity contribution in [3.05, 3.63) is 215 Å². The maximum atomic E-state index is 14.3. The highest BCUT2D eigenvalue weighted by Crippen LogP contribution is 2.41. The highest BCUT2D eigenvalue weighted by atomic mass is 35.6. The van der Waals surface area contributed by atoms with Gasteiger partial charge in [0.15, 0.2) is 49.6 Å². The Labute approximate surface area is 624 Å². The SMILES string of the molecule is CC(=O)O[C@H]1[C@H](OCc2ccccc2)[C@@H](O[C@H]2[C@@H](O[C@H]3[C@@H](O[C@H]4O[C@H](C)[C@H](OC(C)=O)[C@@H](OC(C)=O)[C@@H]4OCc4ccccc4)[C@@H](NC(=O)OCC(Cl)(Cl)Cl)[C@@H](O)O[C@@H]3COCc3ccccc3)O[C@@H](COCc3ccccc3)[C@@H](OCc3ccccc3)[C@@H]2OCc2ccccc2)O[C@H](C)[C@@H]1OC(C)=O. The van der Waals surface area contributed by atoms with E-state index in [2.05, 4.69) is 5.32 Å². The first-order chi connectivity index (χ1) is 50.6. The van der Waals surface area contributed by atoms with Crippen molar-refractivity contribution in [2.45, 2.75) is 208 Å². The van der Waals surface area contributed by atoms with Gasteiger partial charge in [0.25, 0.3) is 0 Å². The summed E-state index contributed by atoms with van der Waals surface area (Å²) in [6.07, 6.45) is -29.3. The summed E-state index contributed by atoms with van der Waals surface area (Å²) in [5, 5.41) is 15.3. The second kappa shape index (κ2) is 39.6. The molecule has 4 saturated heterocycles. The van der Waals surface area contributed by atoms with Crippen molar-refractivity contribution < 1.29 is 114 Å². The number of aliphatic hydroxyl groups is 1. The van der Waals surface area contributed by atoms with Gasteiger partial charge in [-0.3, -0.25) is 19.2 Å². The van der Waals surface area contributed by atoms with Crippen molar-refractivity contribution in [1.29, 1.82) is 0 Å². The second-order valence-electron chi connectivity index (χ2n) is 25.5. The molecule has 4 aliphatic rings. The fraction of sp³-hybridized carbons (Fsp3) is 0.468. The predicted octanol–water partition coefficient (Wildman–Crippen LogP) is 10.0. The minimum absolute atomic E-state index is 0.0118. The first-order valence-electron chi connectivity index (χ1n) is 34.4. The lowest BCUT2D eigenvalue weighted by Gasteiger charge is -2.52. The lowest BCUT2D eigenvalue weighted by Crippen LogP contribution is -2.70. The second-order valence-corrected chi connectivity index (χ2v) is 28.0. The summed E-state index contributed by atoms with van der Waals surface area (Å²) in [5.74, 6) is -3.01. The van der Waals surface area contributed by atoms with Crippen molar-refractivity contribution >= 4 is 64.8 Å². The molecule has 4 aliphatic heterocycles. The Morgan fingerprint density at radius 1 is 0.381 bits per heavy atom. The highest BCUT2D eigenvalue weighted by molar-refractivity contribution is 6.67. The van der Waals surface area contributed by atoms with Gasteiger partial charge < -0.3 is 95.7 Å². The fourth-order valence-corrected chi connectivity index (χ4v) is 12.8. The molecular weight excluding hydrogens is 1430 g/mol. The quantitative estimate of drug-likeness (QED) is 0.0225. The van der Waals surface area contributed by atoms with Crippen molar-refractivity contribution in [1.82, 2.24) is 5.32 Å². The number of ether oxygens (including phenoxy) is 18. The highest BCUT2D eigenvalue weighted by Gasteiger charge is 2.59. The van der Waals surface area contributed by atoms with Crippen LogP contribution in [-0.2, 0) is 144 Å². The first kappa shape index (κ1) is 80.3. The summed E-state index contributed by atoms with van der Waals surface area (Å²) in [6, 6.07) is 53.6. The molecule has 0 aliphatic carbocycles. The van der Waals surface area contributed by atoms with E-state index in [-0.39, 0.29) is 46.2 Å². The van der Waals surface area contributed by atoms with Crippen molar-refractivity contribution in [3.8, 4) is 0 Å². The number of rotatable bonds is 32. The summed E-state index contributed by atoms with van der Waals surface area (Å²) < 4.78 is 118. The van der Waals surface area contributed by atoms with Gasteiger partial charge in [-0.15, -0.1) is 0 Å². The van der Waals surface area contributed by atoms with Crippen LogP contribution >= 0.6 is 34.8 Å². The molecule has 4 fully saturated rings. The number of alkyl carbamates (subject to hydrolysis) is 1. The Morgan fingerprint density at radius 2 is 0.695 bits per heavy atom. The molecule has 0 spiro atoms. The Morgan fingerprint density at radius 3 is 1.07 bits per heavy atom. The first-order valence-corrected chi connectivity index (χ1v) is 35.6. The van der Waals surface area contributed by atoms with Crippen molar-refractivity contribution in [3.63, 3.8) is 0 Å². The predicted molar refractivity (Wildman–Crippen MR) is 376 cm³/mol. The number of hydrogen-bond acceptors (Lipinski definition) is 24. The van der Waals surface area contributed by atoms with Gasteiger partial charge in [-0.1, -0.05) is 217 Å². The summed E-state index contributed by atoms with van der Waals surface area (Å²) in [7, 11) is 0. The molecule has 105 heavy (non-hydrogen) atoms. The number of hydrogen-bond donors (Lipinski definition) is 2. The molecule has 28 heteroatoms. The van der Waals surface area contributed by atoms with E-state index in [9.17, 15) is 29.1 Å². The number of halogens is 3. The van der Waals surface area contributed by atoms with E-state index < -0.39 is 170 Å². The van der Waals surface area contributed by atoms with Crippen LogP contribution in [0.1, 0.15) is 74.9 Å². The van der Waals surface area contributed by atoms with Crippen LogP contribution in [0.4, 0.5) is 4.79 Å². The zero-order valence-electron chi connectivity index (χ0n) is 58.7.